The summed E-state index contributed by atoms with van der Waals surface area (Å²) in [6.07, 6.45) is -4.01. The summed E-state index contributed by atoms with van der Waals surface area (Å²) in [4.78, 5) is 0. The van der Waals surface area contributed by atoms with Crippen molar-refractivity contribution in [3.63, 3.8) is 0 Å². The van der Waals surface area contributed by atoms with Crippen molar-refractivity contribution in [3.8, 4) is 0 Å². The Morgan fingerprint density at radius 1 is 1.26 bits per heavy atom. The zero-order valence-electron chi connectivity index (χ0n) is 10.9. The van der Waals surface area contributed by atoms with Gasteiger partial charge in [-0.2, -0.15) is 13.2 Å². The maximum absolute atomic E-state index is 11.9. The summed E-state index contributed by atoms with van der Waals surface area (Å²) in [7, 11) is 0. The molecule has 8 heteroatoms. The van der Waals surface area contributed by atoms with Gasteiger partial charge in [0.2, 0.25) is 0 Å². The molecule has 0 saturated heterocycles. The summed E-state index contributed by atoms with van der Waals surface area (Å²) in [5.41, 5.74) is 0. The molecule has 0 N–H and O–H groups in total. The van der Waals surface area contributed by atoms with Crippen LogP contribution in [0.5, 0.6) is 0 Å². The van der Waals surface area contributed by atoms with Crippen molar-refractivity contribution in [1.29, 1.82) is 0 Å². The minimum atomic E-state index is -4.30. The van der Waals surface area contributed by atoms with Crippen molar-refractivity contribution in [1.82, 2.24) is 14.8 Å². The number of alkyl halides is 4. The van der Waals surface area contributed by atoms with Crippen LogP contribution in [0.4, 0.5) is 13.2 Å². The fourth-order valence-electron chi connectivity index (χ4n) is 1.58. The lowest BCUT2D eigenvalue weighted by Gasteiger charge is -2.12. The molecule has 1 aromatic heterocycles. The summed E-state index contributed by atoms with van der Waals surface area (Å²) in [6.45, 7) is 3.46. The second kappa shape index (κ2) is 7.09. The SMILES string of the molecule is CC(C)Cn1c(CCl)nnc1CCOCC(F)(F)F. The molecule has 0 atom stereocenters. The van der Waals surface area contributed by atoms with Crippen LogP contribution in [0.3, 0.4) is 0 Å². The van der Waals surface area contributed by atoms with Gasteiger partial charge in [-0.1, -0.05) is 13.8 Å². The third-order valence-corrected chi connectivity index (χ3v) is 2.55. The third-order valence-electron chi connectivity index (χ3n) is 2.31. The third kappa shape index (κ3) is 5.78. The van der Waals surface area contributed by atoms with Crippen LogP contribution in [0.25, 0.3) is 0 Å². The molecule has 0 aliphatic heterocycles. The highest BCUT2D eigenvalue weighted by Crippen LogP contribution is 2.15. The van der Waals surface area contributed by atoms with Gasteiger partial charge in [-0.3, -0.25) is 0 Å². The predicted molar refractivity (Wildman–Crippen MR) is 65.0 cm³/mol. The smallest absolute Gasteiger partial charge is 0.372 e. The number of halogens is 4. The van der Waals surface area contributed by atoms with Crippen LogP contribution in [0.2, 0.25) is 0 Å². The zero-order valence-corrected chi connectivity index (χ0v) is 11.6. The number of hydrogen-bond acceptors (Lipinski definition) is 3. The van der Waals surface area contributed by atoms with Gasteiger partial charge in [-0.25, -0.2) is 0 Å². The van der Waals surface area contributed by atoms with Gasteiger partial charge in [-0.05, 0) is 5.92 Å². The van der Waals surface area contributed by atoms with Gasteiger partial charge in [0.15, 0.2) is 0 Å². The topological polar surface area (TPSA) is 39.9 Å². The van der Waals surface area contributed by atoms with Crippen molar-refractivity contribution < 1.29 is 17.9 Å². The molecule has 0 radical (unpaired) electrons. The standard InChI is InChI=1S/C11H17ClF3N3O/c1-8(2)6-18-9(16-17-10(18)5-12)3-4-19-7-11(13,14)15/h8H,3-7H2,1-2H3. The number of rotatable bonds is 7. The number of ether oxygens (including phenoxy) is 1. The van der Waals surface area contributed by atoms with Crippen LogP contribution in [-0.2, 0) is 23.6 Å². The predicted octanol–water partition coefficient (Wildman–Crippen LogP) is 2.79. The lowest BCUT2D eigenvalue weighted by Crippen LogP contribution is -2.19. The highest BCUT2D eigenvalue weighted by atomic mass is 35.5. The number of hydrogen-bond donors (Lipinski definition) is 0. The molecular weight excluding hydrogens is 283 g/mol. The van der Waals surface area contributed by atoms with E-state index in [-0.39, 0.29) is 18.9 Å². The highest BCUT2D eigenvalue weighted by molar-refractivity contribution is 6.16. The minimum absolute atomic E-state index is 0.0436. The van der Waals surface area contributed by atoms with Crippen LogP contribution in [0.1, 0.15) is 25.5 Å². The van der Waals surface area contributed by atoms with Gasteiger partial charge in [0.1, 0.15) is 18.3 Å². The van der Waals surface area contributed by atoms with Crippen molar-refractivity contribution >= 4 is 11.6 Å². The van der Waals surface area contributed by atoms with Crippen molar-refractivity contribution in [2.24, 2.45) is 5.92 Å². The molecule has 0 fully saturated rings. The Hall–Kier alpha value is -0.820. The van der Waals surface area contributed by atoms with E-state index in [4.69, 9.17) is 11.6 Å². The van der Waals surface area contributed by atoms with Crippen LogP contribution >= 0.6 is 11.6 Å². The summed E-state index contributed by atoms with van der Waals surface area (Å²) < 4.78 is 42.2. The normalized spacial score (nSPS) is 12.4. The fourth-order valence-corrected chi connectivity index (χ4v) is 1.78. The molecule has 0 aliphatic rings. The summed E-state index contributed by atoms with van der Waals surface area (Å²) in [5, 5.41) is 7.86. The van der Waals surface area contributed by atoms with E-state index in [0.717, 1.165) is 0 Å². The second-order valence-corrected chi connectivity index (χ2v) is 4.86. The first-order chi connectivity index (χ1) is 8.83. The number of aromatic nitrogens is 3. The molecule has 0 spiro atoms. The average Bonchev–Trinajstić information content (AvgIpc) is 2.65. The lowest BCUT2D eigenvalue weighted by atomic mass is 10.2. The van der Waals surface area contributed by atoms with E-state index in [1.54, 1.807) is 0 Å². The molecule has 19 heavy (non-hydrogen) atoms. The zero-order chi connectivity index (χ0) is 14.5. The van der Waals surface area contributed by atoms with Crippen LogP contribution in [-0.4, -0.2) is 34.2 Å². The van der Waals surface area contributed by atoms with Gasteiger partial charge in [0.05, 0.1) is 12.5 Å². The van der Waals surface area contributed by atoms with Crippen LogP contribution in [0, 0.1) is 5.92 Å². The van der Waals surface area contributed by atoms with Gasteiger partial charge in [-0.15, -0.1) is 21.8 Å². The molecule has 0 amide bonds. The molecule has 0 saturated carbocycles. The first kappa shape index (κ1) is 16.2. The van der Waals surface area contributed by atoms with Crippen molar-refractivity contribution in [2.75, 3.05) is 13.2 Å². The first-order valence-electron chi connectivity index (χ1n) is 5.95. The molecular formula is C11H17ClF3N3O. The van der Waals surface area contributed by atoms with E-state index in [1.165, 1.54) is 0 Å². The van der Waals surface area contributed by atoms with E-state index >= 15 is 0 Å². The molecule has 0 unspecified atom stereocenters. The molecule has 1 heterocycles. The average molecular weight is 300 g/mol. The van der Waals surface area contributed by atoms with E-state index in [9.17, 15) is 13.2 Å². The second-order valence-electron chi connectivity index (χ2n) is 4.59. The van der Waals surface area contributed by atoms with Gasteiger partial charge >= 0.3 is 6.18 Å². The van der Waals surface area contributed by atoms with E-state index in [1.807, 2.05) is 18.4 Å². The van der Waals surface area contributed by atoms with Crippen LogP contribution < -0.4 is 0 Å². The Balaban J connectivity index is 2.55. The van der Waals surface area contributed by atoms with E-state index in [2.05, 4.69) is 14.9 Å². The highest BCUT2D eigenvalue weighted by Gasteiger charge is 2.27. The van der Waals surface area contributed by atoms with E-state index < -0.39 is 12.8 Å². The molecule has 0 aliphatic carbocycles. The number of nitrogens with zero attached hydrogens (tertiary/aromatic N) is 3. The van der Waals surface area contributed by atoms with Gasteiger partial charge in [0.25, 0.3) is 0 Å². The minimum Gasteiger partial charge on any atom is -0.372 e. The van der Waals surface area contributed by atoms with Gasteiger partial charge < -0.3 is 9.30 Å². The maximum atomic E-state index is 11.9. The summed E-state index contributed by atoms with van der Waals surface area (Å²) in [6, 6.07) is 0. The molecule has 1 aromatic rings. The summed E-state index contributed by atoms with van der Waals surface area (Å²) >= 11 is 5.75. The molecule has 4 nitrogen and oxygen atoms in total. The molecule has 0 bridgehead atoms. The Morgan fingerprint density at radius 3 is 2.42 bits per heavy atom. The Morgan fingerprint density at radius 2 is 1.89 bits per heavy atom. The quantitative estimate of drug-likeness (QED) is 0.574. The molecule has 1 rings (SSSR count). The Labute approximate surface area is 114 Å². The van der Waals surface area contributed by atoms with Crippen molar-refractivity contribution in [3.05, 3.63) is 11.6 Å². The van der Waals surface area contributed by atoms with Crippen molar-refractivity contribution in [2.45, 2.75) is 38.9 Å². The van der Waals surface area contributed by atoms with Crippen LogP contribution in [0.15, 0.2) is 0 Å². The molecule has 0 aromatic carbocycles. The fraction of sp³-hybridized carbons (Fsp3) is 0.818. The van der Waals surface area contributed by atoms with Gasteiger partial charge in [0, 0.05) is 13.0 Å². The summed E-state index contributed by atoms with van der Waals surface area (Å²) in [5.74, 6) is 1.82. The molecule has 110 valence electrons. The van der Waals surface area contributed by atoms with E-state index in [0.29, 0.717) is 24.1 Å². The lowest BCUT2D eigenvalue weighted by molar-refractivity contribution is -0.173. The monoisotopic (exact) mass is 299 g/mol. The Bertz CT molecular complexity index is 393. The largest absolute Gasteiger partial charge is 0.411 e. The first-order valence-corrected chi connectivity index (χ1v) is 6.48. The maximum Gasteiger partial charge on any atom is 0.411 e. The Kier molecular flexibility index (Phi) is 6.06.